The quantitative estimate of drug-likeness (QED) is 0.657. The third-order valence-electron chi connectivity index (χ3n) is 6.19. The summed E-state index contributed by atoms with van der Waals surface area (Å²) in [7, 11) is -3.33. The van der Waals surface area contributed by atoms with Crippen LogP contribution in [0.3, 0.4) is 0 Å². The molecule has 0 radical (unpaired) electrons. The fourth-order valence-corrected chi connectivity index (χ4v) is 5.88. The van der Waals surface area contributed by atoms with E-state index in [9.17, 15) is 22.0 Å². The van der Waals surface area contributed by atoms with Crippen LogP contribution in [0, 0.1) is 5.92 Å². The number of carbonyl (C=O) groups is 1. The average molecular weight is 452 g/mol. The van der Waals surface area contributed by atoms with Crippen molar-refractivity contribution < 1.29 is 22.0 Å². The van der Waals surface area contributed by atoms with Gasteiger partial charge in [-0.15, -0.1) is 0 Å². The molecule has 2 saturated carbocycles. The van der Waals surface area contributed by atoms with Crippen molar-refractivity contribution >= 4 is 21.6 Å². The number of aryl methyl sites for hydroxylation is 1. The van der Waals surface area contributed by atoms with Crippen LogP contribution >= 0.6 is 0 Å². The molecule has 6 nitrogen and oxygen atoms in total. The number of halogens is 2. The zero-order chi connectivity index (χ0) is 22.2. The van der Waals surface area contributed by atoms with Gasteiger partial charge >= 0.3 is 0 Å². The molecule has 2 fully saturated rings. The number of nitrogens with one attached hydrogen (secondary N) is 1. The first-order valence-electron chi connectivity index (χ1n) is 10.7. The Morgan fingerprint density at radius 3 is 2.35 bits per heavy atom. The van der Waals surface area contributed by atoms with Crippen molar-refractivity contribution in [3.05, 3.63) is 42.1 Å². The van der Waals surface area contributed by atoms with Gasteiger partial charge in [0.25, 0.3) is 0 Å². The summed E-state index contributed by atoms with van der Waals surface area (Å²) in [6, 6.07) is 8.02. The number of nitrogens with zero attached hydrogens (tertiary/aromatic N) is 2. The van der Waals surface area contributed by atoms with E-state index in [2.05, 4.69) is 10.4 Å². The highest BCUT2D eigenvalue weighted by Crippen LogP contribution is 2.39. The maximum Gasteiger partial charge on any atom is 0.233 e. The van der Waals surface area contributed by atoms with E-state index in [4.69, 9.17) is 0 Å². The molecule has 3 unspecified atom stereocenters. The maximum atomic E-state index is 13.7. The summed E-state index contributed by atoms with van der Waals surface area (Å²) < 4.78 is 54.0. The predicted octanol–water partition coefficient (Wildman–Crippen LogP) is 4.04. The Balaban J connectivity index is 1.56. The first kappa shape index (κ1) is 21.9. The first-order chi connectivity index (χ1) is 14.8. The summed E-state index contributed by atoms with van der Waals surface area (Å²) in [6.45, 7) is 2.59. The fourth-order valence-electron chi connectivity index (χ4n) is 4.23. The smallest absolute Gasteiger partial charge is 0.233 e. The standard InChI is InChI=1S/C22H27F2N3O3S/c1-2-27-10-9-21(26-27)25-22(28)18(11-14-12-19(23)20(24)13-14)15-3-5-16(6-4-15)31(29,30)17-7-8-17/h3-6,9-10,14,17-20H,2,7-8,11-13H2,1H3,(H,25,26,28). The van der Waals surface area contributed by atoms with Crippen molar-refractivity contribution in [1.82, 2.24) is 9.78 Å². The van der Waals surface area contributed by atoms with E-state index in [0.29, 0.717) is 30.8 Å². The topological polar surface area (TPSA) is 81.1 Å². The molecule has 4 rings (SSSR count). The number of carbonyl (C=O) groups excluding carboxylic acids is 1. The minimum absolute atomic E-state index is 0.0869. The van der Waals surface area contributed by atoms with Crippen molar-refractivity contribution in [3.8, 4) is 0 Å². The van der Waals surface area contributed by atoms with Gasteiger partial charge in [0.15, 0.2) is 15.7 Å². The number of rotatable bonds is 8. The largest absolute Gasteiger partial charge is 0.309 e. The van der Waals surface area contributed by atoms with Gasteiger partial charge in [0.2, 0.25) is 5.91 Å². The molecule has 2 aliphatic rings. The maximum absolute atomic E-state index is 13.7. The number of aromatic nitrogens is 2. The van der Waals surface area contributed by atoms with E-state index < -0.39 is 28.1 Å². The minimum atomic E-state index is -3.33. The Morgan fingerprint density at radius 1 is 1.16 bits per heavy atom. The van der Waals surface area contributed by atoms with Gasteiger partial charge < -0.3 is 5.32 Å². The van der Waals surface area contributed by atoms with Crippen molar-refractivity contribution in [2.24, 2.45) is 5.92 Å². The highest BCUT2D eigenvalue weighted by molar-refractivity contribution is 7.92. The number of amides is 1. The van der Waals surface area contributed by atoms with Crippen LogP contribution in [0.2, 0.25) is 0 Å². The molecule has 2 aromatic rings. The van der Waals surface area contributed by atoms with Gasteiger partial charge in [-0.1, -0.05) is 12.1 Å². The van der Waals surface area contributed by atoms with Gasteiger partial charge in [-0.05, 0) is 62.6 Å². The lowest BCUT2D eigenvalue weighted by molar-refractivity contribution is -0.118. The van der Waals surface area contributed by atoms with Gasteiger partial charge in [0.05, 0.1) is 16.1 Å². The predicted molar refractivity (Wildman–Crippen MR) is 113 cm³/mol. The number of sulfone groups is 1. The number of benzene rings is 1. The minimum Gasteiger partial charge on any atom is -0.309 e. The van der Waals surface area contributed by atoms with E-state index in [-0.39, 0.29) is 41.2 Å². The Hall–Kier alpha value is -2.29. The molecule has 0 saturated heterocycles. The Bertz CT molecular complexity index is 1020. The van der Waals surface area contributed by atoms with Gasteiger partial charge in [-0.2, -0.15) is 5.10 Å². The summed E-state index contributed by atoms with van der Waals surface area (Å²) in [5.74, 6) is -0.837. The van der Waals surface area contributed by atoms with Gasteiger partial charge in [-0.3, -0.25) is 9.48 Å². The summed E-state index contributed by atoms with van der Waals surface area (Å²) >= 11 is 0. The molecule has 1 heterocycles. The molecule has 9 heteroatoms. The van der Waals surface area contributed by atoms with Crippen LogP contribution in [0.5, 0.6) is 0 Å². The number of alkyl halides is 2. The normalized spacial score (nSPS) is 24.8. The van der Waals surface area contributed by atoms with E-state index in [1.807, 2.05) is 6.92 Å². The summed E-state index contributed by atoms with van der Waals surface area (Å²) in [6.07, 6.45) is 0.565. The van der Waals surface area contributed by atoms with E-state index in [0.717, 1.165) is 0 Å². The highest BCUT2D eigenvalue weighted by Gasteiger charge is 2.38. The van der Waals surface area contributed by atoms with Crippen molar-refractivity contribution in [1.29, 1.82) is 0 Å². The SMILES string of the molecule is CCn1ccc(NC(=O)C(CC2CC(F)C(F)C2)c2ccc(S(=O)(=O)C3CC3)cc2)n1. The lowest BCUT2D eigenvalue weighted by Gasteiger charge is -2.20. The molecule has 0 spiro atoms. The Labute approximate surface area is 180 Å². The summed E-state index contributed by atoms with van der Waals surface area (Å²) in [5, 5.41) is 6.73. The first-order valence-corrected chi connectivity index (χ1v) is 12.3. The number of anilines is 1. The molecule has 1 amide bonds. The van der Waals surface area contributed by atoms with Crippen LogP contribution in [0.25, 0.3) is 0 Å². The molecule has 31 heavy (non-hydrogen) atoms. The molecule has 1 N–H and O–H groups in total. The number of hydrogen-bond acceptors (Lipinski definition) is 4. The molecule has 2 aliphatic carbocycles. The van der Waals surface area contributed by atoms with Crippen LogP contribution in [0.4, 0.5) is 14.6 Å². The molecule has 0 bridgehead atoms. The average Bonchev–Trinajstić information content (AvgIpc) is 3.45. The van der Waals surface area contributed by atoms with E-state index in [1.165, 1.54) is 12.1 Å². The molecule has 0 aliphatic heterocycles. The van der Waals surface area contributed by atoms with Crippen molar-refractivity contribution in [2.45, 2.75) is 74.0 Å². The molecule has 1 aromatic heterocycles. The van der Waals surface area contributed by atoms with Gasteiger partial charge in [-0.25, -0.2) is 17.2 Å². The second-order valence-electron chi connectivity index (χ2n) is 8.52. The lowest BCUT2D eigenvalue weighted by Crippen LogP contribution is -2.24. The van der Waals surface area contributed by atoms with Gasteiger partial charge in [0.1, 0.15) is 12.3 Å². The summed E-state index contributed by atoms with van der Waals surface area (Å²) in [5.41, 5.74) is 0.625. The lowest BCUT2D eigenvalue weighted by atomic mass is 9.87. The zero-order valence-electron chi connectivity index (χ0n) is 17.4. The highest BCUT2D eigenvalue weighted by atomic mass is 32.2. The van der Waals surface area contributed by atoms with Crippen LogP contribution in [0.15, 0.2) is 41.4 Å². The van der Waals surface area contributed by atoms with Crippen LogP contribution in [0.1, 0.15) is 50.5 Å². The van der Waals surface area contributed by atoms with Crippen LogP contribution in [-0.4, -0.2) is 41.7 Å². The van der Waals surface area contributed by atoms with E-state index >= 15 is 0 Å². The van der Waals surface area contributed by atoms with Gasteiger partial charge in [0, 0.05) is 18.8 Å². The third kappa shape index (κ3) is 4.81. The monoisotopic (exact) mass is 451 g/mol. The second-order valence-corrected chi connectivity index (χ2v) is 10.7. The Kier molecular flexibility index (Phi) is 6.14. The molecular weight excluding hydrogens is 424 g/mol. The Morgan fingerprint density at radius 2 is 1.81 bits per heavy atom. The third-order valence-corrected chi connectivity index (χ3v) is 8.46. The zero-order valence-corrected chi connectivity index (χ0v) is 18.2. The second kappa shape index (κ2) is 8.68. The van der Waals surface area contributed by atoms with E-state index in [1.54, 1.807) is 29.1 Å². The molecule has 1 aromatic carbocycles. The fraction of sp³-hybridized carbons (Fsp3) is 0.545. The van der Waals surface area contributed by atoms with Crippen LogP contribution in [-0.2, 0) is 21.2 Å². The summed E-state index contributed by atoms with van der Waals surface area (Å²) in [4.78, 5) is 13.3. The van der Waals surface area contributed by atoms with Crippen molar-refractivity contribution in [3.63, 3.8) is 0 Å². The van der Waals surface area contributed by atoms with Crippen molar-refractivity contribution in [2.75, 3.05) is 5.32 Å². The van der Waals surface area contributed by atoms with Crippen LogP contribution < -0.4 is 5.32 Å². The molecule has 168 valence electrons. The number of hydrogen-bond donors (Lipinski definition) is 1. The molecular formula is C22H27F2N3O3S. The molecule has 3 atom stereocenters.